The molecule has 0 unspecified atom stereocenters. The summed E-state index contributed by atoms with van der Waals surface area (Å²) in [6.07, 6.45) is -11.6. The van der Waals surface area contributed by atoms with E-state index in [1.807, 2.05) is 0 Å². The van der Waals surface area contributed by atoms with Crippen molar-refractivity contribution in [3.05, 3.63) is 11.8 Å². The quantitative estimate of drug-likeness (QED) is 0.434. The number of alkyl halides is 6. The summed E-state index contributed by atoms with van der Waals surface area (Å²) in [7, 11) is 0. The Morgan fingerprint density at radius 2 is 1.50 bits per heavy atom. The van der Waals surface area contributed by atoms with E-state index in [1.165, 1.54) is 13.8 Å². The van der Waals surface area contributed by atoms with E-state index in [1.54, 1.807) is 0 Å². The van der Waals surface area contributed by atoms with Crippen LogP contribution in [0.4, 0.5) is 26.3 Å². The highest BCUT2D eigenvalue weighted by molar-refractivity contribution is 5.94. The molecule has 0 heterocycles. The molecule has 18 heavy (non-hydrogen) atoms. The number of allylic oxidation sites excluding steroid dienone is 2. The van der Waals surface area contributed by atoms with Gasteiger partial charge in [0.2, 0.25) is 5.76 Å². The Morgan fingerprint density at radius 3 is 1.78 bits per heavy atom. The Morgan fingerprint density at radius 1 is 1.06 bits per heavy atom. The zero-order valence-electron chi connectivity index (χ0n) is 9.65. The van der Waals surface area contributed by atoms with E-state index in [2.05, 4.69) is 4.74 Å². The van der Waals surface area contributed by atoms with Crippen LogP contribution in [0.25, 0.3) is 0 Å². The third-order valence-electron chi connectivity index (χ3n) is 2.03. The number of rotatable bonds is 5. The molecule has 0 amide bonds. The largest absolute Gasteiger partial charge is 0.486 e. The molecule has 8 heteroatoms. The number of ketones is 1. The van der Waals surface area contributed by atoms with Gasteiger partial charge in [0.1, 0.15) is 0 Å². The SMILES string of the molecule is CCC(CC)O/C(=C\C(=O)C(F)(F)F)C(F)(F)F. The average molecular weight is 278 g/mol. The number of carbonyl (C=O) groups excluding carboxylic acids is 1. The first kappa shape index (κ1) is 16.8. The molecule has 0 saturated heterocycles. The number of halogens is 6. The molecule has 0 aromatic carbocycles. The standard InChI is InChI=1S/C10H12F6O2/c1-3-6(4-2)18-8(10(14,15)16)5-7(17)9(11,12)13/h5-6H,3-4H2,1-2H3/b8-5-. The van der Waals surface area contributed by atoms with Gasteiger partial charge in [0.05, 0.1) is 6.10 Å². The Labute approximate surface area is 99.6 Å². The van der Waals surface area contributed by atoms with Crippen molar-refractivity contribution < 1.29 is 35.9 Å². The van der Waals surface area contributed by atoms with Crippen molar-refractivity contribution >= 4 is 5.78 Å². The van der Waals surface area contributed by atoms with E-state index < -0.39 is 36.1 Å². The van der Waals surface area contributed by atoms with Crippen molar-refractivity contribution in [2.75, 3.05) is 0 Å². The zero-order valence-corrected chi connectivity index (χ0v) is 9.65. The van der Waals surface area contributed by atoms with Gasteiger partial charge in [-0.1, -0.05) is 13.8 Å². The zero-order chi connectivity index (χ0) is 14.6. The molecule has 0 rings (SSSR count). The molecule has 0 atom stereocenters. The lowest BCUT2D eigenvalue weighted by Crippen LogP contribution is -2.26. The van der Waals surface area contributed by atoms with Gasteiger partial charge in [-0.3, -0.25) is 4.79 Å². The Bertz CT molecular complexity index is 311. The van der Waals surface area contributed by atoms with Crippen LogP contribution < -0.4 is 0 Å². The third-order valence-corrected chi connectivity index (χ3v) is 2.03. The summed E-state index contributed by atoms with van der Waals surface area (Å²) in [6, 6.07) is 0. The minimum Gasteiger partial charge on any atom is -0.486 e. The predicted octanol–water partition coefficient (Wildman–Crippen LogP) is 3.77. The normalized spacial score (nSPS) is 13.9. The van der Waals surface area contributed by atoms with E-state index in [-0.39, 0.29) is 12.8 Å². The maximum absolute atomic E-state index is 12.4. The lowest BCUT2D eigenvalue weighted by atomic mass is 10.2. The summed E-state index contributed by atoms with van der Waals surface area (Å²) >= 11 is 0. The maximum atomic E-state index is 12.4. The molecular formula is C10H12F6O2. The second-order valence-corrected chi connectivity index (χ2v) is 3.42. The molecule has 0 aromatic rings. The van der Waals surface area contributed by atoms with Crippen molar-refractivity contribution in [3.8, 4) is 0 Å². The fourth-order valence-corrected chi connectivity index (χ4v) is 1.02. The van der Waals surface area contributed by atoms with Gasteiger partial charge in [-0.05, 0) is 12.8 Å². The van der Waals surface area contributed by atoms with Crippen molar-refractivity contribution in [3.63, 3.8) is 0 Å². The average Bonchev–Trinajstić information content (AvgIpc) is 2.20. The van der Waals surface area contributed by atoms with E-state index in [9.17, 15) is 31.1 Å². The smallest absolute Gasteiger partial charge is 0.454 e. The molecule has 0 radical (unpaired) electrons. The first-order chi connectivity index (χ1) is 8.02. The maximum Gasteiger partial charge on any atom is 0.454 e. The Kier molecular flexibility index (Phi) is 5.69. The first-order valence-corrected chi connectivity index (χ1v) is 5.09. The van der Waals surface area contributed by atoms with E-state index >= 15 is 0 Å². The van der Waals surface area contributed by atoms with Crippen LogP contribution in [0.5, 0.6) is 0 Å². The van der Waals surface area contributed by atoms with Gasteiger partial charge in [0.25, 0.3) is 5.78 Å². The van der Waals surface area contributed by atoms with Crippen LogP contribution in [-0.4, -0.2) is 24.2 Å². The number of ether oxygens (including phenoxy) is 1. The molecule has 0 aliphatic rings. The second kappa shape index (κ2) is 6.10. The van der Waals surface area contributed by atoms with E-state index in [0.717, 1.165) is 0 Å². The van der Waals surface area contributed by atoms with E-state index in [4.69, 9.17) is 0 Å². The highest BCUT2D eigenvalue weighted by Crippen LogP contribution is 2.30. The van der Waals surface area contributed by atoms with Crippen LogP contribution in [0, 0.1) is 0 Å². The lowest BCUT2D eigenvalue weighted by Gasteiger charge is -2.20. The van der Waals surface area contributed by atoms with Crippen molar-refractivity contribution in [2.45, 2.75) is 45.1 Å². The highest BCUT2D eigenvalue weighted by atomic mass is 19.4. The van der Waals surface area contributed by atoms with Crippen molar-refractivity contribution in [1.29, 1.82) is 0 Å². The van der Waals surface area contributed by atoms with Crippen LogP contribution in [-0.2, 0) is 9.53 Å². The van der Waals surface area contributed by atoms with Crippen molar-refractivity contribution in [2.24, 2.45) is 0 Å². The van der Waals surface area contributed by atoms with Crippen LogP contribution >= 0.6 is 0 Å². The number of hydrogen-bond acceptors (Lipinski definition) is 2. The fraction of sp³-hybridized carbons (Fsp3) is 0.700. The summed E-state index contributed by atoms with van der Waals surface area (Å²) in [6.45, 7) is 3.04. The van der Waals surface area contributed by atoms with Gasteiger partial charge in [-0.2, -0.15) is 26.3 Å². The molecule has 0 saturated carbocycles. The minimum atomic E-state index is -5.35. The molecule has 106 valence electrons. The topological polar surface area (TPSA) is 26.3 Å². The van der Waals surface area contributed by atoms with Crippen LogP contribution in [0.2, 0.25) is 0 Å². The van der Waals surface area contributed by atoms with Gasteiger partial charge < -0.3 is 4.74 Å². The summed E-state index contributed by atoms with van der Waals surface area (Å²) < 4.78 is 77.2. The monoisotopic (exact) mass is 278 g/mol. The molecule has 0 N–H and O–H groups in total. The molecule has 0 bridgehead atoms. The summed E-state index contributed by atoms with van der Waals surface area (Å²) in [5.41, 5.74) is 0. The number of hydrogen-bond donors (Lipinski definition) is 0. The lowest BCUT2D eigenvalue weighted by molar-refractivity contribution is -0.168. The Balaban J connectivity index is 5.14. The van der Waals surface area contributed by atoms with Crippen LogP contribution in [0.15, 0.2) is 11.8 Å². The molecule has 0 aliphatic heterocycles. The van der Waals surface area contributed by atoms with Crippen LogP contribution in [0.1, 0.15) is 26.7 Å². The van der Waals surface area contributed by atoms with Crippen LogP contribution in [0.3, 0.4) is 0 Å². The first-order valence-electron chi connectivity index (χ1n) is 5.09. The molecule has 0 aliphatic carbocycles. The molecule has 0 fully saturated rings. The molecular weight excluding hydrogens is 266 g/mol. The van der Waals surface area contributed by atoms with Gasteiger partial charge in [0.15, 0.2) is 0 Å². The van der Waals surface area contributed by atoms with Crippen molar-refractivity contribution in [1.82, 2.24) is 0 Å². The van der Waals surface area contributed by atoms with E-state index in [0.29, 0.717) is 0 Å². The number of carbonyl (C=O) groups is 1. The molecule has 2 nitrogen and oxygen atoms in total. The predicted molar refractivity (Wildman–Crippen MR) is 50.7 cm³/mol. The summed E-state index contributed by atoms with van der Waals surface area (Å²) in [5.74, 6) is -4.51. The second-order valence-electron chi connectivity index (χ2n) is 3.42. The molecule has 0 spiro atoms. The van der Waals surface area contributed by atoms with Gasteiger partial charge in [-0.25, -0.2) is 0 Å². The van der Waals surface area contributed by atoms with Gasteiger partial charge in [-0.15, -0.1) is 0 Å². The minimum absolute atomic E-state index is 0.185. The third kappa shape index (κ3) is 5.42. The summed E-state index contributed by atoms with van der Waals surface area (Å²) in [4.78, 5) is 10.5. The fourth-order valence-electron chi connectivity index (χ4n) is 1.02. The van der Waals surface area contributed by atoms with Gasteiger partial charge in [0, 0.05) is 6.08 Å². The highest BCUT2D eigenvalue weighted by Gasteiger charge is 2.43. The Hall–Kier alpha value is -1.21. The van der Waals surface area contributed by atoms with Gasteiger partial charge >= 0.3 is 12.4 Å². The summed E-state index contributed by atoms with van der Waals surface area (Å²) in [5, 5.41) is 0. The molecule has 0 aromatic heterocycles.